The van der Waals surface area contributed by atoms with Gasteiger partial charge in [-0.05, 0) is 29.8 Å². The minimum absolute atomic E-state index is 0.0635. The van der Waals surface area contributed by atoms with Crippen LogP contribution >= 0.6 is 0 Å². The van der Waals surface area contributed by atoms with Gasteiger partial charge in [0.15, 0.2) is 11.5 Å². The number of carbonyl (C=O) groups excluding carboxylic acids is 1. The standard InChI is InChI=1S/C16H17N3O3/c20-16(19-9-13-3-1-2-6-18-13)10-17-8-12-4-5-14-15(7-12)22-11-21-14/h1-7,17H,8-11H2,(H,19,20). The molecular weight excluding hydrogens is 282 g/mol. The molecule has 0 spiro atoms. The molecule has 0 saturated carbocycles. The van der Waals surface area contributed by atoms with E-state index in [1.807, 2.05) is 36.4 Å². The van der Waals surface area contributed by atoms with Gasteiger partial charge in [0.2, 0.25) is 12.7 Å². The van der Waals surface area contributed by atoms with Crippen LogP contribution in [0.1, 0.15) is 11.3 Å². The molecule has 0 bridgehead atoms. The van der Waals surface area contributed by atoms with Crippen LogP contribution in [0.5, 0.6) is 11.5 Å². The van der Waals surface area contributed by atoms with Crippen molar-refractivity contribution in [1.29, 1.82) is 0 Å². The normalized spacial score (nSPS) is 12.2. The molecule has 6 nitrogen and oxygen atoms in total. The molecule has 0 radical (unpaired) electrons. The summed E-state index contributed by atoms with van der Waals surface area (Å²) in [5.74, 6) is 1.45. The number of fused-ring (bicyclic) bond motifs is 1. The average molecular weight is 299 g/mol. The third-order valence-corrected chi connectivity index (χ3v) is 3.24. The molecule has 0 unspecified atom stereocenters. The predicted octanol–water partition coefficient (Wildman–Crippen LogP) is 1.22. The smallest absolute Gasteiger partial charge is 0.234 e. The lowest BCUT2D eigenvalue weighted by Gasteiger charge is -2.07. The molecule has 2 aromatic rings. The second kappa shape index (κ2) is 6.91. The summed E-state index contributed by atoms with van der Waals surface area (Å²) in [5.41, 5.74) is 1.88. The van der Waals surface area contributed by atoms with Gasteiger partial charge < -0.3 is 20.1 Å². The number of carbonyl (C=O) groups is 1. The van der Waals surface area contributed by atoms with Crippen LogP contribution in [0.4, 0.5) is 0 Å². The number of rotatable bonds is 6. The van der Waals surface area contributed by atoms with E-state index in [4.69, 9.17) is 9.47 Å². The molecule has 2 N–H and O–H groups in total. The maximum absolute atomic E-state index is 11.7. The van der Waals surface area contributed by atoms with Crippen molar-refractivity contribution in [3.63, 3.8) is 0 Å². The summed E-state index contributed by atoms with van der Waals surface area (Å²) in [4.78, 5) is 15.9. The van der Waals surface area contributed by atoms with Crippen LogP contribution in [0.25, 0.3) is 0 Å². The molecule has 6 heteroatoms. The highest BCUT2D eigenvalue weighted by molar-refractivity contribution is 5.77. The van der Waals surface area contributed by atoms with Crippen molar-refractivity contribution in [3.8, 4) is 11.5 Å². The highest BCUT2D eigenvalue weighted by atomic mass is 16.7. The average Bonchev–Trinajstić information content (AvgIpc) is 3.02. The fourth-order valence-electron chi connectivity index (χ4n) is 2.13. The third kappa shape index (κ3) is 3.73. The van der Waals surface area contributed by atoms with Crippen molar-refractivity contribution in [2.24, 2.45) is 0 Å². The van der Waals surface area contributed by atoms with E-state index < -0.39 is 0 Å². The van der Waals surface area contributed by atoms with E-state index in [1.165, 1.54) is 0 Å². The summed E-state index contributed by atoms with van der Waals surface area (Å²) >= 11 is 0. The highest BCUT2D eigenvalue weighted by Gasteiger charge is 2.13. The third-order valence-electron chi connectivity index (χ3n) is 3.24. The number of benzene rings is 1. The lowest BCUT2D eigenvalue weighted by molar-refractivity contribution is -0.120. The van der Waals surface area contributed by atoms with Crippen molar-refractivity contribution in [3.05, 3.63) is 53.9 Å². The molecule has 0 atom stereocenters. The van der Waals surface area contributed by atoms with Gasteiger partial charge in [-0.1, -0.05) is 12.1 Å². The summed E-state index contributed by atoms with van der Waals surface area (Å²) in [6.07, 6.45) is 1.71. The zero-order valence-corrected chi connectivity index (χ0v) is 12.0. The Balaban J connectivity index is 1.40. The van der Waals surface area contributed by atoms with Gasteiger partial charge in [-0.3, -0.25) is 9.78 Å². The number of hydrogen-bond donors (Lipinski definition) is 2. The lowest BCUT2D eigenvalue weighted by atomic mass is 10.2. The number of nitrogens with one attached hydrogen (secondary N) is 2. The van der Waals surface area contributed by atoms with Gasteiger partial charge in [0.05, 0.1) is 18.8 Å². The lowest BCUT2D eigenvalue weighted by Crippen LogP contribution is -2.33. The molecule has 1 aliphatic rings. The van der Waals surface area contributed by atoms with E-state index in [1.54, 1.807) is 6.20 Å². The van der Waals surface area contributed by atoms with E-state index in [0.717, 1.165) is 22.8 Å². The molecule has 114 valence electrons. The van der Waals surface area contributed by atoms with Crippen LogP contribution in [0.3, 0.4) is 0 Å². The topological polar surface area (TPSA) is 72.5 Å². The predicted molar refractivity (Wildman–Crippen MR) is 80.4 cm³/mol. The summed E-state index contributed by atoms with van der Waals surface area (Å²) in [7, 11) is 0. The number of nitrogens with zero attached hydrogens (tertiary/aromatic N) is 1. The molecular formula is C16H17N3O3. The Morgan fingerprint density at radius 3 is 2.91 bits per heavy atom. The fourth-order valence-corrected chi connectivity index (χ4v) is 2.13. The van der Waals surface area contributed by atoms with Crippen LogP contribution in [-0.2, 0) is 17.9 Å². The fraction of sp³-hybridized carbons (Fsp3) is 0.250. The maximum atomic E-state index is 11.7. The van der Waals surface area contributed by atoms with Crippen molar-refractivity contribution in [2.75, 3.05) is 13.3 Å². The number of pyridine rings is 1. The summed E-state index contributed by atoms with van der Waals surface area (Å²) in [6.45, 7) is 1.54. The summed E-state index contributed by atoms with van der Waals surface area (Å²) < 4.78 is 10.6. The molecule has 1 aromatic heterocycles. The van der Waals surface area contributed by atoms with Crippen LogP contribution in [0.2, 0.25) is 0 Å². The van der Waals surface area contributed by atoms with Crippen LogP contribution in [0, 0.1) is 0 Å². The maximum Gasteiger partial charge on any atom is 0.234 e. The van der Waals surface area contributed by atoms with Crippen LogP contribution in [0.15, 0.2) is 42.6 Å². The van der Waals surface area contributed by atoms with Crippen molar-refractivity contribution in [2.45, 2.75) is 13.1 Å². The first-order chi connectivity index (χ1) is 10.8. The van der Waals surface area contributed by atoms with Gasteiger partial charge in [0, 0.05) is 12.7 Å². The Morgan fingerprint density at radius 2 is 2.05 bits per heavy atom. The Hall–Kier alpha value is -2.60. The van der Waals surface area contributed by atoms with E-state index in [2.05, 4.69) is 15.6 Å². The second-order valence-corrected chi connectivity index (χ2v) is 4.89. The first-order valence-electron chi connectivity index (χ1n) is 7.07. The van der Waals surface area contributed by atoms with Gasteiger partial charge in [0.25, 0.3) is 0 Å². The summed E-state index contributed by atoms with van der Waals surface area (Å²) in [5, 5.41) is 5.92. The zero-order valence-electron chi connectivity index (χ0n) is 12.0. The molecule has 2 heterocycles. The molecule has 0 aliphatic carbocycles. The Morgan fingerprint density at radius 1 is 1.14 bits per heavy atom. The SMILES string of the molecule is O=C(CNCc1ccc2c(c1)OCO2)NCc1ccccn1. The Kier molecular flexibility index (Phi) is 4.50. The van der Waals surface area contributed by atoms with E-state index in [0.29, 0.717) is 13.1 Å². The molecule has 1 amide bonds. The Labute approximate surface area is 128 Å². The molecule has 1 aromatic carbocycles. The molecule has 1 aliphatic heterocycles. The van der Waals surface area contributed by atoms with E-state index in [-0.39, 0.29) is 19.2 Å². The molecule has 3 rings (SSSR count). The zero-order chi connectivity index (χ0) is 15.2. The van der Waals surface area contributed by atoms with Gasteiger partial charge >= 0.3 is 0 Å². The Bertz CT molecular complexity index is 646. The first kappa shape index (κ1) is 14.3. The number of amides is 1. The van der Waals surface area contributed by atoms with Crippen molar-refractivity contribution >= 4 is 5.91 Å². The van der Waals surface area contributed by atoms with Gasteiger partial charge in [0.1, 0.15) is 0 Å². The number of ether oxygens (including phenoxy) is 2. The van der Waals surface area contributed by atoms with Crippen molar-refractivity contribution < 1.29 is 14.3 Å². The minimum Gasteiger partial charge on any atom is -0.454 e. The monoisotopic (exact) mass is 299 g/mol. The second-order valence-electron chi connectivity index (χ2n) is 4.89. The van der Waals surface area contributed by atoms with E-state index >= 15 is 0 Å². The van der Waals surface area contributed by atoms with Crippen molar-refractivity contribution in [1.82, 2.24) is 15.6 Å². The largest absolute Gasteiger partial charge is 0.454 e. The van der Waals surface area contributed by atoms with Gasteiger partial charge in [-0.2, -0.15) is 0 Å². The van der Waals surface area contributed by atoms with Crippen LogP contribution < -0.4 is 20.1 Å². The minimum atomic E-state index is -0.0635. The quantitative estimate of drug-likeness (QED) is 0.839. The van der Waals surface area contributed by atoms with E-state index in [9.17, 15) is 4.79 Å². The summed E-state index contributed by atoms with van der Waals surface area (Å²) in [6, 6.07) is 11.4. The highest BCUT2D eigenvalue weighted by Crippen LogP contribution is 2.32. The van der Waals surface area contributed by atoms with Crippen LogP contribution in [-0.4, -0.2) is 24.2 Å². The molecule has 22 heavy (non-hydrogen) atoms. The number of aromatic nitrogens is 1. The van der Waals surface area contributed by atoms with Gasteiger partial charge in [-0.25, -0.2) is 0 Å². The first-order valence-corrected chi connectivity index (χ1v) is 7.07. The number of hydrogen-bond acceptors (Lipinski definition) is 5. The van der Waals surface area contributed by atoms with Gasteiger partial charge in [-0.15, -0.1) is 0 Å². The molecule has 0 fully saturated rings. The molecule has 0 saturated heterocycles.